The highest BCUT2D eigenvalue weighted by Gasteiger charge is 2.04. The topological polar surface area (TPSA) is 55.2 Å². The number of hydrogen-bond donors (Lipinski definition) is 1. The van der Waals surface area contributed by atoms with E-state index < -0.39 is 0 Å². The van der Waals surface area contributed by atoms with Crippen LogP contribution in [0.3, 0.4) is 0 Å². The van der Waals surface area contributed by atoms with Crippen LogP contribution in [0.1, 0.15) is 11.3 Å². The van der Waals surface area contributed by atoms with Crippen molar-refractivity contribution in [3.05, 3.63) is 46.2 Å². The molecule has 5 heteroatoms. The van der Waals surface area contributed by atoms with E-state index in [1.54, 1.807) is 24.4 Å². The monoisotopic (exact) mass is 294 g/mol. The molecule has 88 valence electrons. The molecule has 0 spiro atoms. The van der Waals surface area contributed by atoms with Crippen LogP contribution >= 0.6 is 15.9 Å². The first kappa shape index (κ1) is 12.0. The fourth-order valence-electron chi connectivity index (χ4n) is 1.32. The summed E-state index contributed by atoms with van der Waals surface area (Å²) in [4.78, 5) is 8.14. The van der Waals surface area contributed by atoms with Crippen molar-refractivity contribution in [1.29, 1.82) is 0 Å². The van der Waals surface area contributed by atoms with Gasteiger partial charge in [-0.05, 0) is 36.8 Å². The second-order valence-corrected chi connectivity index (χ2v) is 4.35. The summed E-state index contributed by atoms with van der Waals surface area (Å²) in [5, 5.41) is 9.14. The number of aromatic nitrogens is 2. The highest BCUT2D eigenvalue weighted by molar-refractivity contribution is 9.10. The van der Waals surface area contributed by atoms with E-state index in [0.29, 0.717) is 11.8 Å². The van der Waals surface area contributed by atoms with Crippen molar-refractivity contribution in [1.82, 2.24) is 9.97 Å². The number of nitrogens with zero attached hydrogens (tertiary/aromatic N) is 2. The Hall–Kier alpha value is -1.46. The molecule has 2 aromatic rings. The molecule has 0 saturated carbocycles. The first-order chi connectivity index (χ1) is 8.19. The van der Waals surface area contributed by atoms with Gasteiger partial charge < -0.3 is 9.84 Å². The SMILES string of the molecule is Cc1ccnc(Oc2ccc(Br)c(CO)c2)n1. The summed E-state index contributed by atoms with van der Waals surface area (Å²) in [5.41, 5.74) is 1.60. The Balaban J connectivity index is 2.24. The maximum Gasteiger partial charge on any atom is 0.322 e. The predicted octanol–water partition coefficient (Wildman–Crippen LogP) is 2.83. The van der Waals surface area contributed by atoms with Crippen molar-refractivity contribution >= 4 is 15.9 Å². The Morgan fingerprint density at radius 1 is 1.35 bits per heavy atom. The van der Waals surface area contributed by atoms with Crippen LogP contribution in [-0.2, 0) is 6.61 Å². The summed E-state index contributed by atoms with van der Waals surface area (Å²) in [6.45, 7) is 1.82. The predicted molar refractivity (Wildman–Crippen MR) is 66.9 cm³/mol. The summed E-state index contributed by atoms with van der Waals surface area (Å²) in [6.07, 6.45) is 1.64. The molecule has 0 saturated heterocycles. The Morgan fingerprint density at radius 3 is 2.88 bits per heavy atom. The van der Waals surface area contributed by atoms with E-state index in [9.17, 15) is 0 Å². The van der Waals surface area contributed by atoms with Gasteiger partial charge in [0.25, 0.3) is 0 Å². The lowest BCUT2D eigenvalue weighted by Crippen LogP contribution is -1.94. The van der Waals surface area contributed by atoms with Crippen LogP contribution in [0.2, 0.25) is 0 Å². The van der Waals surface area contributed by atoms with Gasteiger partial charge in [0.2, 0.25) is 0 Å². The fraction of sp³-hybridized carbons (Fsp3) is 0.167. The summed E-state index contributed by atoms with van der Waals surface area (Å²) >= 11 is 3.34. The quantitative estimate of drug-likeness (QED) is 0.946. The lowest BCUT2D eigenvalue weighted by atomic mass is 10.2. The average molecular weight is 295 g/mol. The van der Waals surface area contributed by atoms with Gasteiger partial charge in [-0.15, -0.1) is 0 Å². The highest BCUT2D eigenvalue weighted by atomic mass is 79.9. The second-order valence-electron chi connectivity index (χ2n) is 3.49. The smallest absolute Gasteiger partial charge is 0.322 e. The van der Waals surface area contributed by atoms with E-state index in [0.717, 1.165) is 15.7 Å². The van der Waals surface area contributed by atoms with Crippen molar-refractivity contribution in [2.45, 2.75) is 13.5 Å². The average Bonchev–Trinajstić information content (AvgIpc) is 2.32. The number of aryl methyl sites for hydroxylation is 1. The van der Waals surface area contributed by atoms with Crippen LogP contribution in [0.15, 0.2) is 34.9 Å². The zero-order valence-electron chi connectivity index (χ0n) is 9.22. The van der Waals surface area contributed by atoms with Gasteiger partial charge in [-0.1, -0.05) is 15.9 Å². The molecular weight excluding hydrogens is 284 g/mol. The normalized spacial score (nSPS) is 10.3. The highest BCUT2D eigenvalue weighted by Crippen LogP contribution is 2.25. The Labute approximate surface area is 107 Å². The van der Waals surface area contributed by atoms with Crippen LogP contribution in [0.25, 0.3) is 0 Å². The molecule has 0 aliphatic heterocycles. The van der Waals surface area contributed by atoms with Gasteiger partial charge in [0.05, 0.1) is 6.61 Å². The van der Waals surface area contributed by atoms with E-state index in [4.69, 9.17) is 9.84 Å². The van der Waals surface area contributed by atoms with E-state index in [1.807, 2.05) is 13.0 Å². The third kappa shape index (κ3) is 3.01. The number of rotatable bonds is 3. The lowest BCUT2D eigenvalue weighted by molar-refractivity contribution is 0.280. The van der Waals surface area contributed by atoms with Gasteiger partial charge in [-0.25, -0.2) is 9.97 Å². The number of benzene rings is 1. The molecule has 0 aliphatic carbocycles. The number of ether oxygens (including phenoxy) is 1. The minimum absolute atomic E-state index is 0.0491. The van der Waals surface area contributed by atoms with Gasteiger partial charge in [0.1, 0.15) is 5.75 Å². The molecule has 1 N–H and O–H groups in total. The molecule has 0 aliphatic rings. The van der Waals surface area contributed by atoms with E-state index >= 15 is 0 Å². The summed E-state index contributed by atoms with van der Waals surface area (Å²) < 4.78 is 6.35. The standard InChI is InChI=1S/C12H11BrN2O2/c1-8-4-5-14-12(15-8)17-10-2-3-11(13)9(6-10)7-16/h2-6,16H,7H2,1H3. The molecule has 2 rings (SSSR count). The maximum atomic E-state index is 9.14. The number of aliphatic hydroxyl groups excluding tert-OH is 1. The molecule has 0 atom stereocenters. The number of hydrogen-bond acceptors (Lipinski definition) is 4. The van der Waals surface area contributed by atoms with Gasteiger partial charge in [0.15, 0.2) is 0 Å². The van der Waals surface area contributed by atoms with Gasteiger partial charge >= 0.3 is 6.01 Å². The van der Waals surface area contributed by atoms with Crippen LogP contribution in [0.4, 0.5) is 0 Å². The zero-order chi connectivity index (χ0) is 12.3. The molecule has 0 amide bonds. The summed E-state index contributed by atoms with van der Waals surface area (Å²) in [7, 11) is 0. The molecule has 17 heavy (non-hydrogen) atoms. The van der Waals surface area contributed by atoms with Crippen molar-refractivity contribution in [2.24, 2.45) is 0 Å². The summed E-state index contributed by atoms with van der Waals surface area (Å²) in [5.74, 6) is 0.600. The van der Waals surface area contributed by atoms with Gasteiger partial charge in [0, 0.05) is 16.4 Å². The molecule has 1 heterocycles. The van der Waals surface area contributed by atoms with Crippen molar-refractivity contribution in [2.75, 3.05) is 0 Å². The second kappa shape index (κ2) is 5.25. The van der Waals surface area contributed by atoms with Gasteiger partial charge in [-0.3, -0.25) is 0 Å². The van der Waals surface area contributed by atoms with Crippen molar-refractivity contribution in [3.8, 4) is 11.8 Å². The largest absolute Gasteiger partial charge is 0.424 e. The zero-order valence-corrected chi connectivity index (χ0v) is 10.8. The molecule has 1 aromatic carbocycles. The number of halogens is 1. The van der Waals surface area contributed by atoms with E-state index in [2.05, 4.69) is 25.9 Å². The van der Waals surface area contributed by atoms with Crippen LogP contribution in [0, 0.1) is 6.92 Å². The minimum Gasteiger partial charge on any atom is -0.424 e. The molecule has 0 unspecified atom stereocenters. The lowest BCUT2D eigenvalue weighted by Gasteiger charge is -2.06. The van der Waals surface area contributed by atoms with Crippen LogP contribution in [0.5, 0.6) is 11.8 Å². The van der Waals surface area contributed by atoms with Crippen LogP contribution < -0.4 is 4.74 Å². The maximum absolute atomic E-state index is 9.14. The first-order valence-electron chi connectivity index (χ1n) is 5.06. The summed E-state index contributed by atoms with van der Waals surface area (Å²) in [6, 6.07) is 7.45. The Bertz CT molecular complexity index is 532. The van der Waals surface area contributed by atoms with E-state index in [-0.39, 0.29) is 6.61 Å². The van der Waals surface area contributed by atoms with Crippen LogP contribution in [-0.4, -0.2) is 15.1 Å². The minimum atomic E-state index is -0.0491. The third-order valence-corrected chi connectivity index (χ3v) is 2.94. The molecule has 0 bridgehead atoms. The fourth-order valence-corrected chi connectivity index (χ4v) is 1.69. The Morgan fingerprint density at radius 2 is 2.18 bits per heavy atom. The Kier molecular flexibility index (Phi) is 3.71. The molecule has 4 nitrogen and oxygen atoms in total. The van der Waals surface area contributed by atoms with Gasteiger partial charge in [-0.2, -0.15) is 0 Å². The van der Waals surface area contributed by atoms with Crippen molar-refractivity contribution < 1.29 is 9.84 Å². The molecule has 0 radical (unpaired) electrons. The first-order valence-corrected chi connectivity index (χ1v) is 5.85. The van der Waals surface area contributed by atoms with Crippen molar-refractivity contribution in [3.63, 3.8) is 0 Å². The van der Waals surface area contributed by atoms with E-state index in [1.165, 1.54) is 0 Å². The third-order valence-electron chi connectivity index (χ3n) is 2.17. The molecule has 1 aromatic heterocycles. The molecular formula is C12H11BrN2O2. The molecule has 0 fully saturated rings. The number of aliphatic hydroxyl groups is 1.